The maximum atomic E-state index is 5.22. The molecule has 0 bridgehead atoms. The van der Waals surface area contributed by atoms with Crippen molar-refractivity contribution in [2.24, 2.45) is 4.99 Å². The van der Waals surface area contributed by atoms with Gasteiger partial charge in [0.15, 0.2) is 5.17 Å². The van der Waals surface area contributed by atoms with Gasteiger partial charge >= 0.3 is 0 Å². The fourth-order valence-electron chi connectivity index (χ4n) is 0.997. The highest BCUT2D eigenvalue weighted by molar-refractivity contribution is 8.13. The molecule has 1 heterocycles. The summed E-state index contributed by atoms with van der Waals surface area (Å²) in [6.07, 6.45) is 2.01. The summed E-state index contributed by atoms with van der Waals surface area (Å²) in [6.45, 7) is 3.47. The van der Waals surface area contributed by atoms with Crippen LogP contribution in [0.1, 0.15) is 0 Å². The molecule has 1 aliphatic heterocycles. The van der Waals surface area contributed by atoms with Gasteiger partial charge in [0.25, 0.3) is 0 Å². The monoisotopic (exact) mass is 189 g/mol. The molecule has 0 spiro atoms. The number of hydrazine groups is 1. The Bertz CT molecular complexity index is 157. The van der Waals surface area contributed by atoms with Crippen LogP contribution in [0.25, 0.3) is 0 Å². The minimum absolute atomic E-state index is 0.804. The molecule has 0 amide bonds. The van der Waals surface area contributed by atoms with Crippen molar-refractivity contribution < 1.29 is 4.74 Å². The van der Waals surface area contributed by atoms with Crippen LogP contribution in [-0.4, -0.2) is 49.8 Å². The van der Waals surface area contributed by atoms with Gasteiger partial charge in [-0.3, -0.25) is 10.4 Å². The molecule has 0 unspecified atom stereocenters. The van der Waals surface area contributed by atoms with Crippen molar-refractivity contribution in [3.8, 4) is 0 Å². The fourth-order valence-corrected chi connectivity index (χ4v) is 1.40. The van der Waals surface area contributed by atoms with Crippen LogP contribution in [0.5, 0.6) is 0 Å². The van der Waals surface area contributed by atoms with Crippen LogP contribution in [0.2, 0.25) is 0 Å². The number of amidine groups is 1. The van der Waals surface area contributed by atoms with Crippen LogP contribution in [0, 0.1) is 0 Å². The van der Waals surface area contributed by atoms with E-state index < -0.39 is 0 Å². The second-order valence-corrected chi connectivity index (χ2v) is 3.24. The molecule has 0 saturated carbocycles. The van der Waals surface area contributed by atoms with E-state index in [1.54, 1.807) is 18.8 Å². The third kappa shape index (κ3) is 3.00. The molecule has 0 aromatic rings. The average Bonchev–Trinajstić information content (AvgIpc) is 2.16. The van der Waals surface area contributed by atoms with Crippen LogP contribution >= 0.6 is 11.8 Å². The summed E-state index contributed by atoms with van der Waals surface area (Å²) in [7, 11) is 1.79. The van der Waals surface area contributed by atoms with Gasteiger partial charge in [-0.1, -0.05) is 11.8 Å². The Hall–Kier alpha value is -0.260. The topological polar surface area (TPSA) is 36.9 Å². The van der Waals surface area contributed by atoms with Crippen LogP contribution < -0.4 is 5.43 Å². The van der Waals surface area contributed by atoms with Crippen LogP contribution in [0.15, 0.2) is 4.99 Å². The number of thioether (sulfide) groups is 1. The third-order valence-corrected chi connectivity index (χ3v) is 2.32. The lowest BCUT2D eigenvalue weighted by atomic mass is 10.5. The lowest BCUT2D eigenvalue weighted by molar-refractivity contribution is 0.0253. The molecule has 70 valence electrons. The van der Waals surface area contributed by atoms with Gasteiger partial charge in [-0.2, -0.15) is 0 Å². The normalized spacial score (nSPS) is 21.0. The molecule has 12 heavy (non-hydrogen) atoms. The minimum atomic E-state index is 0.804. The van der Waals surface area contributed by atoms with Crippen molar-refractivity contribution in [3.05, 3.63) is 0 Å². The lowest BCUT2D eigenvalue weighted by Gasteiger charge is -2.27. The van der Waals surface area contributed by atoms with Gasteiger partial charge in [0, 0.05) is 20.1 Å². The van der Waals surface area contributed by atoms with Crippen molar-refractivity contribution in [3.63, 3.8) is 0 Å². The zero-order chi connectivity index (χ0) is 8.81. The first-order valence-corrected chi connectivity index (χ1v) is 5.19. The highest BCUT2D eigenvalue weighted by Crippen LogP contribution is 1.98. The quantitative estimate of drug-likeness (QED) is 0.471. The summed E-state index contributed by atoms with van der Waals surface area (Å²) in [5, 5.41) is 3.08. The van der Waals surface area contributed by atoms with Gasteiger partial charge in [0.05, 0.1) is 13.2 Å². The number of nitrogens with one attached hydrogen (secondary N) is 1. The van der Waals surface area contributed by atoms with Gasteiger partial charge in [-0.05, 0) is 6.26 Å². The van der Waals surface area contributed by atoms with E-state index in [4.69, 9.17) is 4.74 Å². The molecule has 0 aliphatic carbocycles. The van der Waals surface area contributed by atoms with E-state index in [0.29, 0.717) is 0 Å². The highest BCUT2D eigenvalue weighted by atomic mass is 32.2. The molecule has 1 aliphatic rings. The predicted molar refractivity (Wildman–Crippen MR) is 52.4 cm³/mol. The van der Waals surface area contributed by atoms with E-state index in [9.17, 15) is 0 Å². The summed E-state index contributed by atoms with van der Waals surface area (Å²) < 4.78 is 5.22. The number of nitrogens with zero attached hydrogens (tertiary/aromatic N) is 2. The van der Waals surface area contributed by atoms with Gasteiger partial charge in [-0.15, -0.1) is 0 Å². The van der Waals surface area contributed by atoms with Crippen molar-refractivity contribution in [2.45, 2.75) is 0 Å². The van der Waals surface area contributed by atoms with Crippen molar-refractivity contribution in [1.29, 1.82) is 0 Å². The van der Waals surface area contributed by atoms with Crippen LogP contribution in [0.3, 0.4) is 0 Å². The molecule has 4 nitrogen and oxygen atoms in total. The molecule has 1 saturated heterocycles. The zero-order valence-corrected chi connectivity index (χ0v) is 8.36. The smallest absolute Gasteiger partial charge is 0.170 e. The first-order chi connectivity index (χ1) is 5.86. The second-order valence-electron chi connectivity index (χ2n) is 2.44. The molecule has 1 fully saturated rings. The number of hydrogen-bond donors (Lipinski definition) is 1. The first kappa shape index (κ1) is 9.83. The molecular weight excluding hydrogens is 174 g/mol. The summed E-state index contributed by atoms with van der Waals surface area (Å²) in [5.41, 5.74) is 3.22. The third-order valence-electron chi connectivity index (χ3n) is 1.66. The van der Waals surface area contributed by atoms with E-state index in [1.807, 2.05) is 6.26 Å². The number of hydrogen-bond acceptors (Lipinski definition) is 4. The Morgan fingerprint density at radius 3 is 2.67 bits per heavy atom. The minimum Gasteiger partial charge on any atom is -0.379 e. The highest BCUT2D eigenvalue weighted by Gasteiger charge is 2.10. The molecule has 0 aromatic heterocycles. The Morgan fingerprint density at radius 2 is 2.17 bits per heavy atom. The average molecular weight is 189 g/mol. The molecule has 0 radical (unpaired) electrons. The van der Waals surface area contributed by atoms with Crippen LogP contribution in [-0.2, 0) is 4.74 Å². The SMILES string of the molecule is CN=C(NN1CCOCC1)SC. The molecule has 1 rings (SSSR count). The van der Waals surface area contributed by atoms with Gasteiger partial charge in [-0.25, -0.2) is 5.01 Å². The maximum absolute atomic E-state index is 5.22. The lowest BCUT2D eigenvalue weighted by Crippen LogP contribution is -2.47. The fraction of sp³-hybridized carbons (Fsp3) is 0.857. The number of aliphatic imine (C=N–C) groups is 1. The maximum Gasteiger partial charge on any atom is 0.170 e. The first-order valence-electron chi connectivity index (χ1n) is 3.97. The van der Waals surface area contributed by atoms with E-state index in [-0.39, 0.29) is 0 Å². The van der Waals surface area contributed by atoms with Crippen molar-refractivity contribution >= 4 is 16.9 Å². The number of morpholine rings is 1. The van der Waals surface area contributed by atoms with E-state index in [1.165, 1.54) is 0 Å². The molecule has 1 N–H and O–H groups in total. The summed E-state index contributed by atoms with van der Waals surface area (Å²) in [5.74, 6) is 0. The molecular formula is C7H15N3OS. The van der Waals surface area contributed by atoms with Crippen LogP contribution in [0.4, 0.5) is 0 Å². The largest absolute Gasteiger partial charge is 0.379 e. The summed E-state index contributed by atoms with van der Waals surface area (Å²) >= 11 is 1.62. The van der Waals surface area contributed by atoms with Gasteiger partial charge < -0.3 is 4.74 Å². The Balaban J connectivity index is 2.28. The number of rotatable bonds is 1. The van der Waals surface area contributed by atoms with E-state index in [2.05, 4.69) is 15.4 Å². The molecule has 0 aromatic carbocycles. The van der Waals surface area contributed by atoms with Crippen molar-refractivity contribution in [1.82, 2.24) is 10.4 Å². The van der Waals surface area contributed by atoms with E-state index >= 15 is 0 Å². The standard InChI is InChI=1S/C7H15N3OS/c1-8-7(12-2)9-10-3-5-11-6-4-10/h3-6H2,1-2H3,(H,8,9). The predicted octanol–water partition coefficient (Wildman–Crippen LogP) is 0.172. The van der Waals surface area contributed by atoms with Gasteiger partial charge in [0.1, 0.15) is 0 Å². The summed E-state index contributed by atoms with van der Waals surface area (Å²) in [4.78, 5) is 4.09. The zero-order valence-electron chi connectivity index (χ0n) is 7.54. The molecule has 0 atom stereocenters. The molecule has 5 heteroatoms. The van der Waals surface area contributed by atoms with E-state index in [0.717, 1.165) is 31.5 Å². The second kappa shape index (κ2) is 5.40. The Morgan fingerprint density at radius 1 is 1.50 bits per heavy atom. The number of ether oxygens (including phenoxy) is 1. The van der Waals surface area contributed by atoms with Crippen molar-refractivity contribution in [2.75, 3.05) is 39.6 Å². The Labute approximate surface area is 77.3 Å². The van der Waals surface area contributed by atoms with Gasteiger partial charge in [0.2, 0.25) is 0 Å². The summed E-state index contributed by atoms with van der Waals surface area (Å²) in [6, 6.07) is 0. The Kier molecular flexibility index (Phi) is 4.42.